The normalized spacial score (nSPS) is 11.9. The Balaban J connectivity index is 1.43. The standard InChI is InChI=1S/C19H12N6OS2/c26-17-15(10-21-18-22-14(11-27-18)12-4-2-1-3-5-12)28-19-23-16(24-25(17)19)13-6-8-20-9-7-13/h1-11H,(H,21,22)/b15-10-. The van der Waals surface area contributed by atoms with Gasteiger partial charge in [-0.05, 0) is 12.1 Å². The van der Waals surface area contributed by atoms with E-state index in [0.717, 1.165) is 22.0 Å². The monoisotopic (exact) mass is 404 g/mol. The highest BCUT2D eigenvalue weighted by molar-refractivity contribution is 7.15. The van der Waals surface area contributed by atoms with Crippen molar-refractivity contribution >= 4 is 39.0 Å². The van der Waals surface area contributed by atoms with Gasteiger partial charge in [-0.25, -0.2) is 4.98 Å². The molecule has 28 heavy (non-hydrogen) atoms. The van der Waals surface area contributed by atoms with Crippen molar-refractivity contribution in [2.75, 3.05) is 5.32 Å². The summed E-state index contributed by atoms with van der Waals surface area (Å²) in [5.41, 5.74) is 2.57. The number of benzene rings is 1. The molecule has 4 aromatic heterocycles. The third-order valence-corrected chi connectivity index (χ3v) is 5.75. The van der Waals surface area contributed by atoms with E-state index in [0.29, 0.717) is 15.3 Å². The minimum atomic E-state index is -0.208. The van der Waals surface area contributed by atoms with Gasteiger partial charge in [-0.15, -0.1) is 16.4 Å². The largest absolute Gasteiger partial charge is 0.336 e. The lowest BCUT2D eigenvalue weighted by Crippen LogP contribution is -2.24. The quantitative estimate of drug-likeness (QED) is 0.496. The first-order chi connectivity index (χ1) is 13.8. The molecular formula is C19H12N6OS2. The predicted molar refractivity (Wildman–Crippen MR) is 111 cm³/mol. The molecule has 1 N–H and O–H groups in total. The van der Waals surface area contributed by atoms with Crippen LogP contribution in [0.4, 0.5) is 5.13 Å². The van der Waals surface area contributed by atoms with Crippen LogP contribution in [0.5, 0.6) is 0 Å². The first-order valence-electron chi connectivity index (χ1n) is 8.35. The highest BCUT2D eigenvalue weighted by Crippen LogP contribution is 2.24. The second-order valence-corrected chi connectivity index (χ2v) is 7.70. The van der Waals surface area contributed by atoms with Crippen LogP contribution >= 0.6 is 22.7 Å². The average molecular weight is 404 g/mol. The fourth-order valence-electron chi connectivity index (χ4n) is 2.67. The van der Waals surface area contributed by atoms with Gasteiger partial charge in [0.15, 0.2) is 11.0 Å². The predicted octanol–water partition coefficient (Wildman–Crippen LogP) is 2.91. The Morgan fingerprint density at radius 2 is 1.82 bits per heavy atom. The zero-order chi connectivity index (χ0) is 18.9. The Labute approximate surface area is 166 Å². The number of hydrogen-bond acceptors (Lipinski definition) is 8. The molecule has 0 unspecified atom stereocenters. The fourth-order valence-corrected chi connectivity index (χ4v) is 4.19. The molecule has 7 nitrogen and oxygen atoms in total. The summed E-state index contributed by atoms with van der Waals surface area (Å²) in [6, 6.07) is 13.6. The van der Waals surface area contributed by atoms with E-state index in [1.54, 1.807) is 18.6 Å². The van der Waals surface area contributed by atoms with E-state index in [9.17, 15) is 4.79 Å². The summed E-state index contributed by atoms with van der Waals surface area (Å²) in [5, 5.41) is 10.1. The van der Waals surface area contributed by atoms with E-state index in [4.69, 9.17) is 0 Å². The molecule has 0 radical (unpaired) electrons. The van der Waals surface area contributed by atoms with Crippen molar-refractivity contribution < 1.29 is 0 Å². The molecule has 4 heterocycles. The Morgan fingerprint density at radius 1 is 1.00 bits per heavy atom. The molecule has 0 bridgehead atoms. The van der Waals surface area contributed by atoms with Crippen LogP contribution in [0.3, 0.4) is 0 Å². The molecule has 1 aromatic carbocycles. The summed E-state index contributed by atoms with van der Waals surface area (Å²) in [7, 11) is 0. The first-order valence-corrected chi connectivity index (χ1v) is 10.1. The van der Waals surface area contributed by atoms with Gasteiger partial charge in [0.05, 0.1) is 5.69 Å². The fraction of sp³-hybridized carbons (Fsp3) is 0. The lowest BCUT2D eigenvalue weighted by atomic mass is 10.2. The molecule has 5 aromatic rings. The molecule has 0 saturated heterocycles. The molecular weight excluding hydrogens is 392 g/mol. The molecule has 0 aliphatic carbocycles. The van der Waals surface area contributed by atoms with Crippen LogP contribution < -0.4 is 15.4 Å². The van der Waals surface area contributed by atoms with Gasteiger partial charge in [-0.2, -0.15) is 9.50 Å². The van der Waals surface area contributed by atoms with E-state index >= 15 is 0 Å². The maximum Gasteiger partial charge on any atom is 0.292 e. The summed E-state index contributed by atoms with van der Waals surface area (Å²) >= 11 is 2.77. The Morgan fingerprint density at radius 3 is 2.61 bits per heavy atom. The molecule has 136 valence electrons. The van der Waals surface area contributed by atoms with Gasteiger partial charge in [0, 0.05) is 35.1 Å². The summed E-state index contributed by atoms with van der Waals surface area (Å²) in [4.78, 5) is 26.1. The lowest BCUT2D eigenvalue weighted by molar-refractivity contribution is 0.936. The maximum atomic E-state index is 12.6. The number of anilines is 1. The Kier molecular flexibility index (Phi) is 4.15. The van der Waals surface area contributed by atoms with Crippen LogP contribution in [0.25, 0.3) is 33.8 Å². The number of nitrogens with zero attached hydrogens (tertiary/aromatic N) is 5. The van der Waals surface area contributed by atoms with Gasteiger partial charge < -0.3 is 5.32 Å². The van der Waals surface area contributed by atoms with Crippen molar-refractivity contribution in [3.8, 4) is 22.6 Å². The van der Waals surface area contributed by atoms with E-state index in [2.05, 4.69) is 25.4 Å². The molecule has 0 aliphatic heterocycles. The van der Waals surface area contributed by atoms with Crippen molar-refractivity contribution in [1.29, 1.82) is 0 Å². The van der Waals surface area contributed by atoms with Crippen LogP contribution in [-0.2, 0) is 0 Å². The minimum absolute atomic E-state index is 0.208. The van der Waals surface area contributed by atoms with Crippen molar-refractivity contribution in [2.45, 2.75) is 0 Å². The van der Waals surface area contributed by atoms with Crippen molar-refractivity contribution in [3.05, 3.63) is 75.1 Å². The van der Waals surface area contributed by atoms with E-state index in [1.165, 1.54) is 27.2 Å². The van der Waals surface area contributed by atoms with Gasteiger partial charge in [0.1, 0.15) is 4.53 Å². The number of rotatable bonds is 4. The molecule has 0 fully saturated rings. The Bertz CT molecular complexity index is 1360. The van der Waals surface area contributed by atoms with Crippen LogP contribution in [0.1, 0.15) is 0 Å². The topological polar surface area (TPSA) is 85.1 Å². The summed E-state index contributed by atoms with van der Waals surface area (Å²) in [5.74, 6) is 0.512. The smallest absolute Gasteiger partial charge is 0.292 e. The van der Waals surface area contributed by atoms with Crippen LogP contribution in [0.2, 0.25) is 0 Å². The number of nitrogens with one attached hydrogen (secondary N) is 1. The summed E-state index contributed by atoms with van der Waals surface area (Å²) in [6.07, 6.45) is 5.00. The molecule has 5 rings (SSSR count). The van der Waals surface area contributed by atoms with Gasteiger partial charge >= 0.3 is 0 Å². The second kappa shape index (κ2) is 6.95. The summed E-state index contributed by atoms with van der Waals surface area (Å²) < 4.78 is 1.85. The van der Waals surface area contributed by atoms with Gasteiger partial charge in [-0.3, -0.25) is 9.78 Å². The number of thiazole rings is 2. The molecule has 0 atom stereocenters. The van der Waals surface area contributed by atoms with Crippen molar-refractivity contribution in [3.63, 3.8) is 0 Å². The van der Waals surface area contributed by atoms with Crippen LogP contribution in [0.15, 0.2) is 65.0 Å². The number of hydrogen-bond donors (Lipinski definition) is 1. The van der Waals surface area contributed by atoms with Crippen molar-refractivity contribution in [2.24, 2.45) is 0 Å². The molecule has 0 spiro atoms. The highest BCUT2D eigenvalue weighted by atomic mass is 32.1. The number of pyridine rings is 1. The van der Waals surface area contributed by atoms with E-state index in [-0.39, 0.29) is 5.56 Å². The highest BCUT2D eigenvalue weighted by Gasteiger charge is 2.12. The first kappa shape index (κ1) is 16.7. The second-order valence-electron chi connectivity index (χ2n) is 5.83. The molecule has 0 amide bonds. The molecule has 0 saturated carbocycles. The molecule has 0 aliphatic rings. The average Bonchev–Trinajstić information content (AvgIpc) is 3.45. The maximum absolute atomic E-state index is 12.6. The third-order valence-electron chi connectivity index (χ3n) is 4.02. The van der Waals surface area contributed by atoms with Gasteiger partial charge in [0.2, 0.25) is 4.96 Å². The number of fused-ring (bicyclic) bond motifs is 1. The third kappa shape index (κ3) is 3.06. The number of aromatic nitrogens is 5. The van der Waals surface area contributed by atoms with Crippen LogP contribution in [-0.4, -0.2) is 24.6 Å². The minimum Gasteiger partial charge on any atom is -0.336 e. The van der Waals surface area contributed by atoms with E-state index in [1.807, 2.05) is 47.8 Å². The van der Waals surface area contributed by atoms with Gasteiger partial charge in [-0.1, -0.05) is 41.7 Å². The van der Waals surface area contributed by atoms with Crippen LogP contribution in [0, 0.1) is 0 Å². The molecule has 9 heteroatoms. The van der Waals surface area contributed by atoms with E-state index < -0.39 is 0 Å². The Hall–Kier alpha value is -3.43. The lowest BCUT2D eigenvalue weighted by Gasteiger charge is -1.94. The zero-order valence-electron chi connectivity index (χ0n) is 14.3. The SMILES string of the molecule is O=c1/c(=C/Nc2nc(-c3ccccc3)cs2)sc2nc(-c3ccncc3)nn12. The van der Waals surface area contributed by atoms with Crippen molar-refractivity contribution in [1.82, 2.24) is 24.6 Å². The zero-order valence-corrected chi connectivity index (χ0v) is 15.9. The summed E-state index contributed by atoms with van der Waals surface area (Å²) in [6.45, 7) is 0. The van der Waals surface area contributed by atoms with Gasteiger partial charge in [0.25, 0.3) is 5.56 Å².